The number of aromatic nitrogens is 3. The summed E-state index contributed by atoms with van der Waals surface area (Å²) in [4.78, 5) is 40.8. The van der Waals surface area contributed by atoms with Crippen molar-refractivity contribution < 1.29 is 19.0 Å². The molecule has 0 aliphatic heterocycles. The van der Waals surface area contributed by atoms with Gasteiger partial charge in [-0.1, -0.05) is 24.3 Å². The predicted octanol–water partition coefficient (Wildman–Crippen LogP) is 6.83. The fourth-order valence-electron chi connectivity index (χ4n) is 4.51. The number of anilines is 2. The predicted molar refractivity (Wildman–Crippen MR) is 162 cm³/mol. The summed E-state index contributed by atoms with van der Waals surface area (Å²) >= 11 is 1.52. The normalized spacial score (nSPS) is 10.8. The molecule has 0 radical (unpaired) electrons. The third-order valence-electron chi connectivity index (χ3n) is 6.54. The molecule has 0 aliphatic carbocycles. The van der Waals surface area contributed by atoms with Gasteiger partial charge in [-0.05, 0) is 53.9 Å². The van der Waals surface area contributed by atoms with Crippen LogP contribution in [0.3, 0.4) is 0 Å². The maximum atomic E-state index is 13.9. The molecule has 6 rings (SSSR count). The molecule has 4 heterocycles. The molecule has 1 amide bonds. The van der Waals surface area contributed by atoms with Crippen LogP contribution in [0.5, 0.6) is 23.0 Å². The van der Waals surface area contributed by atoms with Gasteiger partial charge in [0.25, 0.3) is 11.5 Å². The van der Waals surface area contributed by atoms with Gasteiger partial charge in [0.05, 0.1) is 31.6 Å². The molecule has 0 bridgehead atoms. The number of nitrogens with one attached hydrogen (secondary N) is 1. The van der Waals surface area contributed by atoms with Gasteiger partial charge in [-0.3, -0.25) is 19.5 Å². The maximum absolute atomic E-state index is 13.9. The van der Waals surface area contributed by atoms with E-state index < -0.39 is 11.5 Å². The number of carbonyl (C=O) groups excluding carboxylic acids is 1. The van der Waals surface area contributed by atoms with Crippen LogP contribution in [0.1, 0.15) is 10.4 Å². The molecule has 0 saturated carbocycles. The summed E-state index contributed by atoms with van der Waals surface area (Å²) in [6, 6.07) is 23.2. The summed E-state index contributed by atoms with van der Waals surface area (Å²) in [5.74, 6) is 1.91. The number of hydrogen-bond acceptors (Lipinski definition) is 8. The summed E-state index contributed by atoms with van der Waals surface area (Å²) in [6.07, 6.45) is 4.78. The van der Waals surface area contributed by atoms with E-state index in [2.05, 4.69) is 15.0 Å². The number of methoxy groups -OCH3 is 2. The lowest BCUT2D eigenvalue weighted by Gasteiger charge is -2.22. The van der Waals surface area contributed by atoms with E-state index in [0.29, 0.717) is 40.0 Å². The van der Waals surface area contributed by atoms with Gasteiger partial charge in [0.2, 0.25) is 0 Å². The number of rotatable bonds is 8. The highest BCUT2D eigenvalue weighted by atomic mass is 32.1. The number of fused-ring (bicyclic) bond motifs is 1. The number of ether oxygens (including phenoxy) is 3. The molecule has 0 aliphatic rings. The van der Waals surface area contributed by atoms with Crippen molar-refractivity contribution in [3.05, 3.63) is 119 Å². The highest BCUT2D eigenvalue weighted by Crippen LogP contribution is 2.37. The average Bonchev–Trinajstić information content (AvgIpc) is 3.57. The van der Waals surface area contributed by atoms with Crippen molar-refractivity contribution in [2.24, 2.45) is 0 Å². The van der Waals surface area contributed by atoms with Crippen molar-refractivity contribution in [2.45, 2.75) is 0 Å². The number of amides is 1. The van der Waals surface area contributed by atoms with Gasteiger partial charge < -0.3 is 19.2 Å². The Morgan fingerprint density at radius 2 is 1.69 bits per heavy atom. The van der Waals surface area contributed by atoms with E-state index in [9.17, 15) is 9.59 Å². The first-order valence-electron chi connectivity index (χ1n) is 12.9. The van der Waals surface area contributed by atoms with E-state index in [1.165, 1.54) is 22.4 Å². The minimum absolute atomic E-state index is 0.000453. The number of pyridine rings is 3. The number of nitrogens with zero attached hydrogens (tertiary/aromatic N) is 3. The molecule has 6 aromatic rings. The molecule has 0 spiro atoms. The third-order valence-corrected chi connectivity index (χ3v) is 7.46. The van der Waals surface area contributed by atoms with Crippen molar-refractivity contribution in [3.63, 3.8) is 0 Å². The molecular weight excluding hydrogens is 552 g/mol. The van der Waals surface area contributed by atoms with Crippen LogP contribution in [-0.2, 0) is 0 Å². The Kier molecular flexibility index (Phi) is 7.35. The summed E-state index contributed by atoms with van der Waals surface area (Å²) in [5, 5.41) is 2.67. The summed E-state index contributed by atoms with van der Waals surface area (Å²) < 4.78 is 17.0. The van der Waals surface area contributed by atoms with Crippen molar-refractivity contribution in [1.29, 1.82) is 0 Å². The van der Waals surface area contributed by atoms with Gasteiger partial charge in [-0.25, -0.2) is 4.98 Å². The molecule has 2 aromatic carbocycles. The summed E-state index contributed by atoms with van der Waals surface area (Å²) in [6.45, 7) is 0. The van der Waals surface area contributed by atoms with Gasteiger partial charge in [-0.2, -0.15) is 0 Å². The Hall–Kier alpha value is -5.48. The topological polar surface area (TPSA) is 107 Å². The zero-order valence-electron chi connectivity index (χ0n) is 22.6. The van der Waals surface area contributed by atoms with Gasteiger partial charge in [0, 0.05) is 34.3 Å². The molecule has 10 heteroatoms. The number of carbonyl (C=O) groups is 1. The Balaban J connectivity index is 1.35. The molecule has 0 saturated heterocycles. The second-order valence-corrected chi connectivity index (χ2v) is 10.0. The fraction of sp³-hybridized carbons (Fsp3) is 0.0625. The second-order valence-electron chi connectivity index (χ2n) is 9.07. The summed E-state index contributed by atoms with van der Waals surface area (Å²) in [7, 11) is 3.13. The highest BCUT2D eigenvalue weighted by Gasteiger charge is 2.24. The molecule has 42 heavy (non-hydrogen) atoms. The fourth-order valence-corrected chi connectivity index (χ4v) is 5.22. The number of para-hydroxylation sites is 1. The monoisotopic (exact) mass is 576 g/mol. The van der Waals surface area contributed by atoms with Crippen LogP contribution < -0.4 is 24.7 Å². The molecule has 0 unspecified atom stereocenters. The van der Waals surface area contributed by atoms with Crippen molar-refractivity contribution in [2.75, 3.05) is 19.1 Å². The molecule has 208 valence electrons. The number of thiophene rings is 1. The van der Waals surface area contributed by atoms with E-state index in [1.807, 2.05) is 35.7 Å². The second kappa shape index (κ2) is 11.6. The van der Waals surface area contributed by atoms with Crippen LogP contribution >= 0.6 is 11.3 Å². The smallest absolute Gasteiger partial charge is 0.269 e. The van der Waals surface area contributed by atoms with Crippen LogP contribution in [0, 0.1) is 0 Å². The van der Waals surface area contributed by atoms with Crippen LogP contribution in [-0.4, -0.2) is 35.1 Å². The van der Waals surface area contributed by atoms with Crippen LogP contribution in [0.15, 0.2) is 108 Å². The zero-order valence-corrected chi connectivity index (χ0v) is 23.4. The Bertz CT molecular complexity index is 1920. The van der Waals surface area contributed by atoms with Gasteiger partial charge in [0.15, 0.2) is 11.5 Å². The lowest BCUT2D eigenvalue weighted by Crippen LogP contribution is -2.31. The molecule has 1 N–H and O–H groups in total. The number of hydrogen-bond donors (Lipinski definition) is 1. The van der Waals surface area contributed by atoms with Crippen LogP contribution in [0.2, 0.25) is 0 Å². The largest absolute Gasteiger partial charge is 0.493 e. The van der Waals surface area contributed by atoms with Crippen LogP contribution in [0.4, 0.5) is 11.5 Å². The Labute approximate surface area is 244 Å². The Morgan fingerprint density at radius 1 is 0.881 bits per heavy atom. The SMILES string of the molecule is COc1cc2nccc(Oc3ccc(N(C(=O)c4cc(-c5cccs5)c[nH]c4=O)c4ccccc4)nc3)c2cc1OC. The molecular formula is C32H24N4O5S. The average molecular weight is 577 g/mol. The van der Waals surface area contributed by atoms with E-state index >= 15 is 0 Å². The molecule has 9 nitrogen and oxygen atoms in total. The lowest BCUT2D eigenvalue weighted by molar-refractivity contribution is 0.0997. The van der Waals surface area contributed by atoms with Crippen molar-refractivity contribution in [1.82, 2.24) is 15.0 Å². The van der Waals surface area contributed by atoms with E-state index in [-0.39, 0.29) is 5.56 Å². The number of benzene rings is 2. The number of H-pyrrole nitrogens is 1. The van der Waals surface area contributed by atoms with Gasteiger partial charge in [0.1, 0.15) is 22.9 Å². The Morgan fingerprint density at radius 3 is 2.40 bits per heavy atom. The molecule has 0 atom stereocenters. The highest BCUT2D eigenvalue weighted by molar-refractivity contribution is 7.13. The molecule has 4 aromatic heterocycles. The van der Waals surface area contributed by atoms with E-state index in [0.717, 1.165) is 15.8 Å². The number of aromatic amines is 1. The van der Waals surface area contributed by atoms with Gasteiger partial charge in [-0.15, -0.1) is 11.3 Å². The summed E-state index contributed by atoms with van der Waals surface area (Å²) in [5.41, 5.74) is 1.49. The lowest BCUT2D eigenvalue weighted by atomic mass is 10.1. The van der Waals surface area contributed by atoms with Crippen LogP contribution in [0.25, 0.3) is 21.3 Å². The third kappa shape index (κ3) is 5.18. The maximum Gasteiger partial charge on any atom is 0.269 e. The minimum Gasteiger partial charge on any atom is -0.493 e. The standard InChI is InChI=1S/C32H24N4O5S/c1-39-27-16-23-25(17-28(27)40-2)33-13-12-26(23)41-22-10-11-30(34-19-22)36(21-7-4-3-5-8-21)32(38)24-15-20(18-35-31(24)37)29-9-6-14-42-29/h3-19H,1-2H3,(H,35,37). The van der Waals surface area contributed by atoms with Gasteiger partial charge >= 0.3 is 0 Å². The zero-order chi connectivity index (χ0) is 29.1. The van der Waals surface area contributed by atoms with Crippen molar-refractivity contribution >= 4 is 39.7 Å². The van der Waals surface area contributed by atoms with E-state index in [4.69, 9.17) is 14.2 Å². The first-order valence-corrected chi connectivity index (χ1v) is 13.7. The van der Waals surface area contributed by atoms with Crippen molar-refractivity contribution in [3.8, 4) is 33.4 Å². The minimum atomic E-state index is -0.511. The first kappa shape index (κ1) is 26.7. The van der Waals surface area contributed by atoms with E-state index in [1.54, 1.807) is 75.1 Å². The molecule has 0 fully saturated rings. The first-order chi connectivity index (χ1) is 20.6. The quantitative estimate of drug-likeness (QED) is 0.212.